The molecule has 0 heterocycles. The zero-order valence-electron chi connectivity index (χ0n) is 6.12. The highest BCUT2D eigenvalue weighted by Crippen LogP contribution is 2.00. The number of hydrogen-bond acceptors (Lipinski definition) is 1. The monoisotopic (exact) mass is 152 g/mol. The van der Waals surface area contributed by atoms with Crippen LogP contribution in [0.15, 0.2) is 47.9 Å². The summed E-state index contributed by atoms with van der Waals surface area (Å²) >= 11 is 3.96. The van der Waals surface area contributed by atoms with Crippen molar-refractivity contribution in [1.82, 2.24) is 0 Å². The number of rotatable bonds is 3. The summed E-state index contributed by atoms with van der Waals surface area (Å²) in [6.07, 6.45) is 9.55. The zero-order chi connectivity index (χ0) is 7.82. The second-order valence-corrected chi connectivity index (χ2v) is 2.02. The lowest BCUT2D eigenvalue weighted by atomic mass is 10.2. The lowest BCUT2D eigenvalue weighted by molar-refractivity contribution is 1.64. The summed E-state index contributed by atoms with van der Waals surface area (Å²) in [4.78, 5) is 0. The minimum atomic E-state index is 1.10. The highest BCUT2D eigenvalue weighted by atomic mass is 32.1. The third kappa shape index (κ3) is 4.21. The Labute approximate surface area is 68.1 Å². The predicted molar refractivity (Wildman–Crippen MR) is 51.2 cm³/mol. The Morgan fingerprint density at radius 3 is 2.50 bits per heavy atom. The molecule has 1 heteroatoms. The Hall–Kier alpha value is -0.690. The van der Waals surface area contributed by atoms with Crippen molar-refractivity contribution in [2.24, 2.45) is 0 Å². The van der Waals surface area contributed by atoms with Crippen LogP contribution in [-0.2, 0) is 0 Å². The smallest absolute Gasteiger partial charge is 0.0255 e. The fourth-order valence-electron chi connectivity index (χ4n) is 0.581. The maximum absolute atomic E-state index is 3.96. The molecule has 10 heavy (non-hydrogen) atoms. The molecule has 0 amide bonds. The molecule has 0 rings (SSSR count). The van der Waals surface area contributed by atoms with E-state index >= 15 is 0 Å². The summed E-state index contributed by atoms with van der Waals surface area (Å²) in [6, 6.07) is 0. The van der Waals surface area contributed by atoms with Crippen molar-refractivity contribution in [2.75, 3.05) is 0 Å². The van der Waals surface area contributed by atoms with E-state index in [-0.39, 0.29) is 0 Å². The third-order valence-electron chi connectivity index (χ3n) is 0.936. The third-order valence-corrected chi connectivity index (χ3v) is 1.09. The lowest BCUT2D eigenvalue weighted by Gasteiger charge is -1.87. The van der Waals surface area contributed by atoms with Crippen LogP contribution in [0.2, 0.25) is 0 Å². The first-order valence-corrected chi connectivity index (χ1v) is 3.63. The van der Waals surface area contributed by atoms with E-state index in [1.54, 1.807) is 11.5 Å². The van der Waals surface area contributed by atoms with E-state index in [2.05, 4.69) is 19.2 Å². The second-order valence-electron chi connectivity index (χ2n) is 1.72. The van der Waals surface area contributed by atoms with Crippen LogP contribution in [0, 0.1) is 0 Å². The Balaban J connectivity index is 4.25. The van der Waals surface area contributed by atoms with Crippen LogP contribution in [0.1, 0.15) is 6.92 Å². The van der Waals surface area contributed by atoms with E-state index in [9.17, 15) is 0 Å². The summed E-state index contributed by atoms with van der Waals surface area (Å²) in [5, 5.41) is 1.70. The van der Waals surface area contributed by atoms with Crippen molar-refractivity contribution in [1.29, 1.82) is 0 Å². The van der Waals surface area contributed by atoms with Gasteiger partial charge in [0.25, 0.3) is 0 Å². The molecule has 0 nitrogen and oxygen atoms in total. The van der Waals surface area contributed by atoms with Crippen LogP contribution in [0.3, 0.4) is 0 Å². The van der Waals surface area contributed by atoms with Crippen LogP contribution in [0.4, 0.5) is 0 Å². The van der Waals surface area contributed by atoms with Crippen LogP contribution < -0.4 is 0 Å². The van der Waals surface area contributed by atoms with Crippen LogP contribution >= 0.6 is 12.6 Å². The molecule has 0 aromatic heterocycles. The van der Waals surface area contributed by atoms with Gasteiger partial charge in [0.05, 0.1) is 0 Å². The van der Waals surface area contributed by atoms with Crippen molar-refractivity contribution in [3.63, 3.8) is 0 Å². The maximum Gasteiger partial charge on any atom is -0.0255 e. The van der Waals surface area contributed by atoms with E-state index in [0.717, 1.165) is 5.57 Å². The standard InChI is InChI=1S/C9H12S/c1-3-5-9(6-4-2)7-8-10/h3-8,10H,1H2,2H3/b6-4-,8-7+,9-5+. The van der Waals surface area contributed by atoms with Crippen molar-refractivity contribution < 1.29 is 0 Å². The quantitative estimate of drug-likeness (QED) is 0.466. The van der Waals surface area contributed by atoms with E-state index in [1.807, 2.05) is 31.2 Å². The fraction of sp³-hybridized carbons (Fsp3) is 0.111. The van der Waals surface area contributed by atoms with Crippen molar-refractivity contribution >= 4 is 12.6 Å². The van der Waals surface area contributed by atoms with Gasteiger partial charge in [0.1, 0.15) is 0 Å². The molecule has 0 saturated heterocycles. The Kier molecular flexibility index (Phi) is 5.99. The lowest BCUT2D eigenvalue weighted by Crippen LogP contribution is -1.66. The van der Waals surface area contributed by atoms with E-state index in [1.165, 1.54) is 0 Å². The molecule has 0 fully saturated rings. The van der Waals surface area contributed by atoms with Gasteiger partial charge in [0, 0.05) is 0 Å². The van der Waals surface area contributed by atoms with Crippen LogP contribution in [0.5, 0.6) is 0 Å². The molecule has 54 valence electrons. The van der Waals surface area contributed by atoms with Crippen molar-refractivity contribution in [2.45, 2.75) is 6.92 Å². The molecule has 0 saturated carbocycles. The highest BCUT2D eigenvalue weighted by Gasteiger charge is 1.78. The Morgan fingerprint density at radius 1 is 1.40 bits per heavy atom. The van der Waals surface area contributed by atoms with Gasteiger partial charge < -0.3 is 0 Å². The molecule has 0 unspecified atom stereocenters. The first-order valence-electron chi connectivity index (χ1n) is 3.11. The minimum absolute atomic E-state index is 1.10. The molecular formula is C9H12S. The fourth-order valence-corrected chi connectivity index (χ4v) is 0.753. The number of allylic oxidation sites excluding steroid dienone is 6. The summed E-state index contributed by atoms with van der Waals surface area (Å²) in [6.45, 7) is 5.57. The van der Waals surface area contributed by atoms with E-state index in [4.69, 9.17) is 0 Å². The average Bonchev–Trinajstić information content (AvgIpc) is 1.90. The normalized spacial score (nSPS) is 13.2. The maximum atomic E-state index is 3.96. The number of hydrogen-bond donors (Lipinski definition) is 1. The molecule has 0 atom stereocenters. The average molecular weight is 152 g/mol. The molecule has 0 aromatic carbocycles. The van der Waals surface area contributed by atoms with Crippen LogP contribution in [0.25, 0.3) is 0 Å². The Morgan fingerprint density at radius 2 is 2.10 bits per heavy atom. The molecule has 0 aliphatic carbocycles. The second kappa shape index (κ2) is 6.43. The van der Waals surface area contributed by atoms with Gasteiger partial charge in [-0.05, 0) is 24.0 Å². The summed E-state index contributed by atoms with van der Waals surface area (Å²) in [5.74, 6) is 0. The largest absolute Gasteiger partial charge is 0.151 e. The molecular weight excluding hydrogens is 140 g/mol. The highest BCUT2D eigenvalue weighted by molar-refractivity contribution is 7.83. The topological polar surface area (TPSA) is 0 Å². The molecule has 0 bridgehead atoms. The van der Waals surface area contributed by atoms with Crippen molar-refractivity contribution in [3.05, 3.63) is 47.9 Å². The molecule has 0 N–H and O–H groups in total. The molecule has 0 aliphatic rings. The number of thiol groups is 1. The molecule has 0 spiro atoms. The predicted octanol–water partition coefficient (Wildman–Crippen LogP) is 3.12. The summed E-state index contributed by atoms with van der Waals surface area (Å²) in [7, 11) is 0. The first kappa shape index (κ1) is 9.31. The molecule has 0 aromatic rings. The van der Waals surface area contributed by atoms with Crippen LogP contribution in [-0.4, -0.2) is 0 Å². The van der Waals surface area contributed by atoms with Gasteiger partial charge in [-0.25, -0.2) is 0 Å². The summed E-state index contributed by atoms with van der Waals surface area (Å²) in [5.41, 5.74) is 1.10. The molecule has 0 radical (unpaired) electrons. The van der Waals surface area contributed by atoms with Crippen molar-refractivity contribution in [3.8, 4) is 0 Å². The Bertz CT molecular complexity index is 159. The van der Waals surface area contributed by atoms with Gasteiger partial charge in [0.2, 0.25) is 0 Å². The van der Waals surface area contributed by atoms with Gasteiger partial charge in [0.15, 0.2) is 0 Å². The van der Waals surface area contributed by atoms with E-state index < -0.39 is 0 Å². The first-order chi connectivity index (χ1) is 4.85. The molecule has 0 aliphatic heterocycles. The zero-order valence-corrected chi connectivity index (χ0v) is 7.01. The SMILES string of the molecule is C=C/C=C(\C=C/C)/C=C/S. The van der Waals surface area contributed by atoms with Gasteiger partial charge in [-0.2, -0.15) is 12.6 Å². The summed E-state index contributed by atoms with van der Waals surface area (Å²) < 4.78 is 0. The minimum Gasteiger partial charge on any atom is -0.151 e. The van der Waals surface area contributed by atoms with Gasteiger partial charge in [-0.15, -0.1) is 0 Å². The van der Waals surface area contributed by atoms with Gasteiger partial charge in [-0.3, -0.25) is 0 Å². The van der Waals surface area contributed by atoms with Gasteiger partial charge in [-0.1, -0.05) is 30.9 Å². The van der Waals surface area contributed by atoms with E-state index in [0.29, 0.717) is 0 Å². The van der Waals surface area contributed by atoms with Gasteiger partial charge >= 0.3 is 0 Å².